The van der Waals surface area contributed by atoms with E-state index in [1.54, 1.807) is 0 Å². The van der Waals surface area contributed by atoms with Crippen LogP contribution in [0.25, 0.3) is 0 Å². The molecule has 3 nitrogen and oxygen atoms in total. The predicted octanol–water partition coefficient (Wildman–Crippen LogP) is 3.11. The molecule has 4 rings (SSSR count). The zero-order valence-electron chi connectivity index (χ0n) is 15.2. The van der Waals surface area contributed by atoms with E-state index in [0.29, 0.717) is 11.8 Å². The fourth-order valence-electron chi connectivity index (χ4n) is 8.51. The molecule has 0 saturated heterocycles. The van der Waals surface area contributed by atoms with Crippen molar-refractivity contribution in [2.24, 2.45) is 34.0 Å². The van der Waals surface area contributed by atoms with Crippen molar-refractivity contribution in [2.75, 3.05) is 0 Å². The Hall–Kier alpha value is -0.120. The molecule has 3 N–H and O–H groups in total. The van der Waals surface area contributed by atoms with Crippen LogP contribution in [0.15, 0.2) is 0 Å². The van der Waals surface area contributed by atoms with Crippen molar-refractivity contribution in [3.63, 3.8) is 0 Å². The van der Waals surface area contributed by atoms with Crippen LogP contribution in [0, 0.1) is 34.0 Å². The van der Waals surface area contributed by atoms with Crippen LogP contribution < -0.4 is 0 Å². The third-order valence-electron chi connectivity index (χ3n) is 8.57. The lowest BCUT2D eigenvalue weighted by Gasteiger charge is -2.66. The fourth-order valence-corrected chi connectivity index (χ4v) is 8.51. The highest BCUT2D eigenvalue weighted by atomic mass is 16.3. The normalized spacial score (nSPS) is 60.9. The summed E-state index contributed by atoms with van der Waals surface area (Å²) in [6.07, 6.45) is 6.08. The van der Waals surface area contributed by atoms with Gasteiger partial charge in [0.15, 0.2) is 0 Å². The molecule has 23 heavy (non-hydrogen) atoms. The average Bonchev–Trinajstić information content (AvgIpc) is 2.51. The van der Waals surface area contributed by atoms with Gasteiger partial charge in [0.1, 0.15) is 0 Å². The smallest absolute Gasteiger partial charge is 0.0653 e. The Kier molecular flexibility index (Phi) is 3.22. The number of hydrogen-bond acceptors (Lipinski definition) is 3. The monoisotopic (exact) mass is 322 g/mol. The highest BCUT2D eigenvalue weighted by Gasteiger charge is 2.69. The SMILES string of the molecule is CC1(C)C[C@@H](O)C[C@]2(C)[C@@H]1[C@H](O)C[C@@]13C[C@@H](CC[C@H]12)[C@](C)(O)C3. The van der Waals surface area contributed by atoms with Crippen molar-refractivity contribution in [1.82, 2.24) is 0 Å². The van der Waals surface area contributed by atoms with Gasteiger partial charge in [0.25, 0.3) is 0 Å². The lowest BCUT2D eigenvalue weighted by atomic mass is 9.40. The lowest BCUT2D eigenvalue weighted by Crippen LogP contribution is -2.63. The summed E-state index contributed by atoms with van der Waals surface area (Å²) in [5.74, 6) is 1.19. The second kappa shape index (κ2) is 4.53. The molecule has 0 aliphatic heterocycles. The second-order valence-electron chi connectivity index (χ2n) is 10.7. The summed E-state index contributed by atoms with van der Waals surface area (Å²) in [6.45, 7) is 8.81. The van der Waals surface area contributed by atoms with Gasteiger partial charge in [-0.15, -0.1) is 0 Å². The fraction of sp³-hybridized carbons (Fsp3) is 1.00. The first kappa shape index (κ1) is 16.4. The van der Waals surface area contributed by atoms with Gasteiger partial charge < -0.3 is 15.3 Å². The number of fused-ring (bicyclic) bond motifs is 3. The van der Waals surface area contributed by atoms with Crippen molar-refractivity contribution < 1.29 is 15.3 Å². The number of aliphatic hydroxyl groups is 3. The number of aliphatic hydroxyl groups excluding tert-OH is 2. The summed E-state index contributed by atoms with van der Waals surface area (Å²) in [5, 5.41) is 32.6. The molecule has 8 atom stereocenters. The Labute approximate surface area is 140 Å². The molecule has 0 heterocycles. The summed E-state index contributed by atoms with van der Waals surface area (Å²) in [5.41, 5.74) is -0.514. The van der Waals surface area contributed by atoms with Crippen LogP contribution in [0.1, 0.15) is 72.6 Å². The predicted molar refractivity (Wildman–Crippen MR) is 89.7 cm³/mol. The zero-order chi connectivity index (χ0) is 16.8. The van der Waals surface area contributed by atoms with Gasteiger partial charge in [-0.3, -0.25) is 0 Å². The number of rotatable bonds is 0. The van der Waals surface area contributed by atoms with E-state index >= 15 is 0 Å². The summed E-state index contributed by atoms with van der Waals surface area (Å²) in [4.78, 5) is 0. The Morgan fingerprint density at radius 1 is 0.870 bits per heavy atom. The number of hydrogen-bond donors (Lipinski definition) is 3. The van der Waals surface area contributed by atoms with Gasteiger partial charge in [-0.25, -0.2) is 0 Å². The third kappa shape index (κ3) is 2.05. The summed E-state index contributed by atoms with van der Waals surface area (Å²) >= 11 is 0. The minimum Gasteiger partial charge on any atom is -0.393 e. The molecule has 0 unspecified atom stereocenters. The Balaban J connectivity index is 1.79. The molecule has 0 aromatic rings. The molecular weight excluding hydrogens is 288 g/mol. The van der Waals surface area contributed by atoms with Crippen molar-refractivity contribution in [3.8, 4) is 0 Å². The summed E-state index contributed by atoms with van der Waals surface area (Å²) in [7, 11) is 0. The summed E-state index contributed by atoms with van der Waals surface area (Å²) in [6, 6.07) is 0. The van der Waals surface area contributed by atoms with E-state index in [0.717, 1.165) is 44.9 Å². The van der Waals surface area contributed by atoms with E-state index in [-0.39, 0.29) is 34.4 Å². The van der Waals surface area contributed by atoms with Crippen LogP contribution in [-0.2, 0) is 0 Å². The molecule has 0 radical (unpaired) electrons. The van der Waals surface area contributed by atoms with E-state index < -0.39 is 5.60 Å². The Bertz CT molecular complexity index is 513. The van der Waals surface area contributed by atoms with Crippen LogP contribution in [0.5, 0.6) is 0 Å². The highest BCUT2D eigenvalue weighted by molar-refractivity contribution is 5.18. The molecule has 0 aromatic carbocycles. The zero-order valence-corrected chi connectivity index (χ0v) is 15.2. The molecule has 0 aromatic heterocycles. The van der Waals surface area contributed by atoms with E-state index in [1.807, 2.05) is 6.92 Å². The molecule has 4 saturated carbocycles. The first-order chi connectivity index (χ1) is 10.5. The van der Waals surface area contributed by atoms with Crippen molar-refractivity contribution in [2.45, 2.75) is 90.4 Å². The Morgan fingerprint density at radius 2 is 1.57 bits per heavy atom. The van der Waals surface area contributed by atoms with Crippen LogP contribution in [0.4, 0.5) is 0 Å². The van der Waals surface area contributed by atoms with Crippen molar-refractivity contribution in [1.29, 1.82) is 0 Å². The Morgan fingerprint density at radius 3 is 2.26 bits per heavy atom. The van der Waals surface area contributed by atoms with Crippen LogP contribution >= 0.6 is 0 Å². The molecule has 132 valence electrons. The van der Waals surface area contributed by atoms with Gasteiger partial charge in [0.05, 0.1) is 17.8 Å². The molecule has 2 bridgehead atoms. The maximum atomic E-state index is 11.2. The van der Waals surface area contributed by atoms with Gasteiger partial charge in [0.2, 0.25) is 0 Å². The maximum Gasteiger partial charge on any atom is 0.0653 e. The van der Waals surface area contributed by atoms with Gasteiger partial charge in [-0.2, -0.15) is 0 Å². The van der Waals surface area contributed by atoms with E-state index in [2.05, 4.69) is 20.8 Å². The average molecular weight is 322 g/mol. The van der Waals surface area contributed by atoms with Crippen LogP contribution in [0.2, 0.25) is 0 Å². The van der Waals surface area contributed by atoms with Crippen molar-refractivity contribution in [3.05, 3.63) is 0 Å². The van der Waals surface area contributed by atoms with Gasteiger partial charge in [-0.05, 0) is 85.9 Å². The first-order valence-corrected chi connectivity index (χ1v) is 9.59. The van der Waals surface area contributed by atoms with E-state index in [1.165, 1.54) is 0 Å². The third-order valence-corrected chi connectivity index (χ3v) is 8.57. The maximum absolute atomic E-state index is 11.2. The van der Waals surface area contributed by atoms with Crippen LogP contribution in [0.3, 0.4) is 0 Å². The van der Waals surface area contributed by atoms with Gasteiger partial charge >= 0.3 is 0 Å². The van der Waals surface area contributed by atoms with Crippen LogP contribution in [-0.4, -0.2) is 33.1 Å². The van der Waals surface area contributed by atoms with Crippen molar-refractivity contribution >= 4 is 0 Å². The molecule has 4 aliphatic rings. The van der Waals surface area contributed by atoms with Gasteiger partial charge in [-0.1, -0.05) is 20.8 Å². The molecule has 3 heteroatoms. The molecule has 1 spiro atoms. The second-order valence-corrected chi connectivity index (χ2v) is 10.7. The highest BCUT2D eigenvalue weighted by Crippen LogP contribution is 2.72. The minimum atomic E-state index is -0.569. The lowest BCUT2D eigenvalue weighted by molar-refractivity contribution is -0.216. The molecule has 4 aliphatic carbocycles. The molecule has 4 fully saturated rings. The van der Waals surface area contributed by atoms with Gasteiger partial charge in [0, 0.05) is 0 Å². The van der Waals surface area contributed by atoms with E-state index in [9.17, 15) is 15.3 Å². The summed E-state index contributed by atoms with van der Waals surface area (Å²) < 4.78 is 0. The van der Waals surface area contributed by atoms with E-state index in [4.69, 9.17) is 0 Å². The quantitative estimate of drug-likeness (QED) is 0.642. The molecule has 0 amide bonds. The largest absolute Gasteiger partial charge is 0.393 e. The topological polar surface area (TPSA) is 60.7 Å². The standard InChI is InChI=1S/C20H34O3/c1-17(2)8-13(21)9-18(3)15-6-5-12-7-20(15,11-19(12,4)23)10-14(22)16(17)18/h12-16,21-23H,5-11H2,1-4H3/t12-,13-,14-,15+,16-,18+,19-,20-/m1/s1. The molecular formula is C20H34O3. The first-order valence-electron chi connectivity index (χ1n) is 9.59. The minimum absolute atomic E-state index is 0.00970.